The Balaban J connectivity index is 0.000000605. The molecule has 54 valence electrons. The zero-order chi connectivity index (χ0) is 6.97. The van der Waals surface area contributed by atoms with Crippen molar-refractivity contribution in [2.24, 2.45) is 0 Å². The summed E-state index contributed by atoms with van der Waals surface area (Å²) in [4.78, 5) is 0. The molecule has 0 saturated carbocycles. The summed E-state index contributed by atoms with van der Waals surface area (Å²) in [5.41, 5.74) is 4.35. The van der Waals surface area contributed by atoms with E-state index in [4.69, 9.17) is 0 Å². The van der Waals surface area contributed by atoms with E-state index in [0.29, 0.717) is 0 Å². The summed E-state index contributed by atoms with van der Waals surface area (Å²) in [6.07, 6.45) is 3.41. The van der Waals surface area contributed by atoms with Gasteiger partial charge in [0.15, 0.2) is 0 Å². The standard InChI is InChI=1S/C10H10.2Li.2H/c1-8-6-9-4-2-3-5-10(9)7-8;;;;/h2-6H,7H2,1H3;;;;. The van der Waals surface area contributed by atoms with Gasteiger partial charge in [-0.1, -0.05) is 35.9 Å². The first kappa shape index (κ1) is 12.2. The van der Waals surface area contributed by atoms with Crippen molar-refractivity contribution in [3.8, 4) is 0 Å². The molecule has 0 spiro atoms. The van der Waals surface area contributed by atoms with Crippen LogP contribution in [0.5, 0.6) is 0 Å². The summed E-state index contributed by atoms with van der Waals surface area (Å²) in [6.45, 7) is 2.18. The van der Waals surface area contributed by atoms with Gasteiger partial charge in [0.25, 0.3) is 0 Å². The summed E-state index contributed by atoms with van der Waals surface area (Å²) in [6, 6.07) is 8.56. The fraction of sp³-hybridized carbons (Fsp3) is 0.200. The zero-order valence-corrected chi connectivity index (χ0v) is 6.09. The summed E-state index contributed by atoms with van der Waals surface area (Å²) in [5.74, 6) is 0. The SMILES string of the molecule is CC1=Cc2ccccc2C1.[LiH].[LiH]. The van der Waals surface area contributed by atoms with Crippen LogP contribution in [0.2, 0.25) is 0 Å². The van der Waals surface area contributed by atoms with Crippen LogP contribution in [-0.4, -0.2) is 37.7 Å². The topological polar surface area (TPSA) is 0 Å². The second-order valence-corrected chi connectivity index (χ2v) is 2.87. The third kappa shape index (κ3) is 2.32. The average molecular weight is 146 g/mol. The number of rotatable bonds is 0. The van der Waals surface area contributed by atoms with Gasteiger partial charge in [0.2, 0.25) is 0 Å². The first-order valence-electron chi connectivity index (χ1n) is 3.61. The Morgan fingerprint density at radius 3 is 2.42 bits per heavy atom. The van der Waals surface area contributed by atoms with Gasteiger partial charge in [-0.05, 0) is 24.5 Å². The van der Waals surface area contributed by atoms with Gasteiger partial charge in [-0.3, -0.25) is 0 Å². The van der Waals surface area contributed by atoms with Gasteiger partial charge in [0.05, 0.1) is 0 Å². The molecule has 0 heterocycles. The van der Waals surface area contributed by atoms with E-state index in [1.54, 1.807) is 0 Å². The number of allylic oxidation sites excluding steroid dienone is 1. The molecule has 1 aromatic rings. The quantitative estimate of drug-likeness (QED) is 0.484. The number of benzene rings is 1. The first-order chi connectivity index (χ1) is 4.86. The molecule has 0 N–H and O–H groups in total. The molecule has 1 aliphatic carbocycles. The number of fused-ring (bicyclic) bond motifs is 1. The Bertz CT molecular complexity index is 290. The van der Waals surface area contributed by atoms with Crippen molar-refractivity contribution in [1.29, 1.82) is 0 Å². The van der Waals surface area contributed by atoms with Crippen LogP contribution < -0.4 is 0 Å². The van der Waals surface area contributed by atoms with Gasteiger partial charge in [0, 0.05) is 0 Å². The molecule has 0 amide bonds. The molecule has 0 fully saturated rings. The van der Waals surface area contributed by atoms with E-state index >= 15 is 0 Å². The van der Waals surface area contributed by atoms with Crippen LogP contribution in [0, 0.1) is 0 Å². The second kappa shape index (κ2) is 5.01. The summed E-state index contributed by atoms with van der Waals surface area (Å²) in [5, 5.41) is 0. The fourth-order valence-corrected chi connectivity index (χ4v) is 1.45. The normalized spacial score (nSPS) is 12.2. The van der Waals surface area contributed by atoms with E-state index < -0.39 is 0 Å². The maximum atomic E-state index is 2.26. The van der Waals surface area contributed by atoms with Crippen molar-refractivity contribution in [3.05, 3.63) is 41.0 Å². The van der Waals surface area contributed by atoms with Crippen LogP contribution in [0.4, 0.5) is 0 Å². The molecule has 1 aliphatic rings. The van der Waals surface area contributed by atoms with Crippen molar-refractivity contribution < 1.29 is 0 Å². The maximum absolute atomic E-state index is 2.26. The van der Waals surface area contributed by atoms with E-state index in [2.05, 4.69) is 37.3 Å². The third-order valence-electron chi connectivity index (χ3n) is 1.93. The fourth-order valence-electron chi connectivity index (χ4n) is 1.45. The van der Waals surface area contributed by atoms with Gasteiger partial charge >= 0.3 is 37.7 Å². The van der Waals surface area contributed by atoms with Gasteiger partial charge in [-0.25, -0.2) is 0 Å². The predicted octanol–water partition coefficient (Wildman–Crippen LogP) is 1.35. The molecule has 0 unspecified atom stereocenters. The molecular weight excluding hydrogens is 134 g/mol. The third-order valence-corrected chi connectivity index (χ3v) is 1.93. The minimum atomic E-state index is 0. The average Bonchev–Trinajstić information content (AvgIpc) is 2.27. The molecule has 12 heavy (non-hydrogen) atoms. The van der Waals surface area contributed by atoms with Crippen LogP contribution in [0.1, 0.15) is 18.1 Å². The van der Waals surface area contributed by atoms with Crippen LogP contribution in [-0.2, 0) is 6.42 Å². The number of hydrogen-bond donors (Lipinski definition) is 0. The van der Waals surface area contributed by atoms with Crippen molar-refractivity contribution in [1.82, 2.24) is 0 Å². The summed E-state index contributed by atoms with van der Waals surface area (Å²) >= 11 is 0. The van der Waals surface area contributed by atoms with Gasteiger partial charge in [0.1, 0.15) is 0 Å². The first-order valence-corrected chi connectivity index (χ1v) is 3.61. The van der Waals surface area contributed by atoms with E-state index in [1.165, 1.54) is 16.7 Å². The van der Waals surface area contributed by atoms with Crippen molar-refractivity contribution in [3.63, 3.8) is 0 Å². The van der Waals surface area contributed by atoms with Gasteiger partial charge in [-0.15, -0.1) is 0 Å². The molecule has 0 aromatic heterocycles. The van der Waals surface area contributed by atoms with Crippen molar-refractivity contribution >= 4 is 43.8 Å². The van der Waals surface area contributed by atoms with E-state index in [9.17, 15) is 0 Å². The zero-order valence-electron chi connectivity index (χ0n) is 6.09. The van der Waals surface area contributed by atoms with Crippen molar-refractivity contribution in [2.45, 2.75) is 13.3 Å². The Kier molecular flexibility index (Phi) is 5.07. The summed E-state index contributed by atoms with van der Waals surface area (Å²) in [7, 11) is 0. The molecule has 0 aliphatic heterocycles. The van der Waals surface area contributed by atoms with E-state index in [-0.39, 0.29) is 37.7 Å². The van der Waals surface area contributed by atoms with Crippen LogP contribution in [0.3, 0.4) is 0 Å². The Morgan fingerprint density at radius 2 is 1.75 bits per heavy atom. The molecule has 0 nitrogen and oxygen atoms in total. The van der Waals surface area contributed by atoms with Crippen LogP contribution in [0.15, 0.2) is 29.8 Å². The molecule has 2 rings (SSSR count). The molecule has 2 heteroatoms. The molecular formula is C10H12Li2. The molecule has 0 radical (unpaired) electrons. The van der Waals surface area contributed by atoms with E-state index in [0.717, 1.165) is 6.42 Å². The summed E-state index contributed by atoms with van der Waals surface area (Å²) < 4.78 is 0. The molecule has 1 aromatic carbocycles. The molecule has 0 atom stereocenters. The van der Waals surface area contributed by atoms with Crippen LogP contribution >= 0.6 is 0 Å². The second-order valence-electron chi connectivity index (χ2n) is 2.87. The number of hydrogen-bond acceptors (Lipinski definition) is 0. The van der Waals surface area contributed by atoms with Gasteiger partial charge in [-0.2, -0.15) is 0 Å². The van der Waals surface area contributed by atoms with Crippen molar-refractivity contribution in [2.75, 3.05) is 0 Å². The monoisotopic (exact) mass is 146 g/mol. The predicted molar refractivity (Wildman–Crippen MR) is 58.1 cm³/mol. The Hall–Kier alpha value is 0.155. The van der Waals surface area contributed by atoms with Crippen LogP contribution in [0.25, 0.3) is 6.08 Å². The molecule has 0 bridgehead atoms. The Morgan fingerprint density at radius 1 is 1.08 bits per heavy atom. The minimum absolute atomic E-state index is 0. The van der Waals surface area contributed by atoms with E-state index in [1.807, 2.05) is 0 Å². The molecule has 0 saturated heterocycles. The Labute approximate surface area is 97.8 Å². The van der Waals surface area contributed by atoms with Gasteiger partial charge < -0.3 is 0 Å².